The number of nitrogen functional groups attached to an aromatic ring is 1. The highest BCUT2D eigenvalue weighted by molar-refractivity contribution is 5.94. The van der Waals surface area contributed by atoms with Gasteiger partial charge in [0.25, 0.3) is 5.91 Å². The summed E-state index contributed by atoms with van der Waals surface area (Å²) in [7, 11) is 2.08. The monoisotopic (exact) mass is 249 g/mol. The van der Waals surface area contributed by atoms with Crippen molar-refractivity contribution in [3.63, 3.8) is 0 Å². The van der Waals surface area contributed by atoms with Gasteiger partial charge in [-0.15, -0.1) is 0 Å². The van der Waals surface area contributed by atoms with E-state index in [4.69, 9.17) is 5.73 Å². The summed E-state index contributed by atoms with van der Waals surface area (Å²) in [5.74, 6) is 0.246. The number of nitrogens with one attached hydrogen (secondary N) is 1. The van der Waals surface area contributed by atoms with Gasteiger partial charge in [-0.3, -0.25) is 10.2 Å². The highest BCUT2D eigenvalue weighted by Gasteiger charge is 2.16. The van der Waals surface area contributed by atoms with E-state index >= 15 is 0 Å². The Labute approximate surface area is 107 Å². The third-order valence-electron chi connectivity index (χ3n) is 3.00. The van der Waals surface area contributed by atoms with E-state index in [2.05, 4.69) is 22.4 Å². The minimum atomic E-state index is -0.128. The second kappa shape index (κ2) is 5.32. The van der Waals surface area contributed by atoms with Crippen molar-refractivity contribution in [2.24, 2.45) is 0 Å². The lowest BCUT2D eigenvalue weighted by Crippen LogP contribution is -2.52. The van der Waals surface area contributed by atoms with Crippen molar-refractivity contribution in [1.29, 1.82) is 0 Å². The van der Waals surface area contributed by atoms with Crippen molar-refractivity contribution in [3.8, 4) is 0 Å². The van der Waals surface area contributed by atoms with E-state index in [1.807, 2.05) is 11.9 Å². The summed E-state index contributed by atoms with van der Waals surface area (Å²) in [6.45, 7) is 5.40. The first-order chi connectivity index (χ1) is 8.54. The second-order valence-electron chi connectivity index (χ2n) is 4.65. The molecule has 1 saturated heterocycles. The fourth-order valence-corrected chi connectivity index (χ4v) is 1.95. The third-order valence-corrected chi connectivity index (χ3v) is 3.00. The molecule has 1 aromatic heterocycles. The normalized spacial score (nSPS) is 17.7. The smallest absolute Gasteiger partial charge is 0.265 e. The second-order valence-corrected chi connectivity index (χ2v) is 4.65. The van der Waals surface area contributed by atoms with Crippen LogP contribution in [0.5, 0.6) is 0 Å². The summed E-state index contributed by atoms with van der Waals surface area (Å²) < 4.78 is 0. The lowest BCUT2D eigenvalue weighted by Gasteiger charge is -2.32. The Balaban J connectivity index is 1.99. The van der Waals surface area contributed by atoms with Crippen molar-refractivity contribution >= 4 is 11.7 Å². The largest absolute Gasteiger partial charge is 0.384 e. The average molecular weight is 249 g/mol. The van der Waals surface area contributed by atoms with Crippen LogP contribution in [0, 0.1) is 6.92 Å². The zero-order valence-electron chi connectivity index (χ0n) is 10.8. The number of carbonyl (C=O) groups excluding carboxylic acids is 1. The molecule has 18 heavy (non-hydrogen) atoms. The number of piperazine rings is 1. The van der Waals surface area contributed by atoms with Crippen LogP contribution in [0.1, 0.15) is 16.1 Å². The predicted octanol–water partition coefficient (Wildman–Crippen LogP) is -0.136. The van der Waals surface area contributed by atoms with Gasteiger partial charge in [0.15, 0.2) is 0 Å². The standard InChI is InChI=1S/C12H19N5O/c1-9-7-10(8-11(13)14-9)12(18)15-17-5-3-16(2)4-6-17/h7-8H,3-6H2,1-2H3,(H2,13,14)(H,15,18). The molecule has 0 aliphatic carbocycles. The molecule has 0 unspecified atom stereocenters. The fourth-order valence-electron chi connectivity index (χ4n) is 1.95. The lowest BCUT2D eigenvalue weighted by molar-refractivity contribution is 0.0662. The summed E-state index contributed by atoms with van der Waals surface area (Å²) in [5, 5.41) is 1.94. The number of pyridine rings is 1. The van der Waals surface area contributed by atoms with Gasteiger partial charge in [0, 0.05) is 37.4 Å². The summed E-state index contributed by atoms with van der Waals surface area (Å²) in [5.41, 5.74) is 9.83. The molecule has 98 valence electrons. The van der Waals surface area contributed by atoms with Crippen molar-refractivity contribution in [2.45, 2.75) is 6.92 Å². The number of carbonyl (C=O) groups is 1. The number of aromatic nitrogens is 1. The van der Waals surface area contributed by atoms with E-state index in [1.54, 1.807) is 12.1 Å². The number of hydrazine groups is 1. The maximum Gasteiger partial charge on any atom is 0.265 e. The number of rotatable bonds is 2. The molecule has 6 nitrogen and oxygen atoms in total. The van der Waals surface area contributed by atoms with Crippen molar-refractivity contribution in [3.05, 3.63) is 23.4 Å². The number of hydrogen-bond donors (Lipinski definition) is 2. The molecule has 6 heteroatoms. The highest BCUT2D eigenvalue weighted by Crippen LogP contribution is 2.07. The molecule has 1 fully saturated rings. The van der Waals surface area contributed by atoms with Crippen LogP contribution in [-0.2, 0) is 0 Å². The van der Waals surface area contributed by atoms with Crippen molar-refractivity contribution in [2.75, 3.05) is 39.0 Å². The van der Waals surface area contributed by atoms with E-state index in [0.29, 0.717) is 11.4 Å². The van der Waals surface area contributed by atoms with Gasteiger partial charge in [-0.05, 0) is 26.1 Å². The predicted molar refractivity (Wildman–Crippen MR) is 69.9 cm³/mol. The van der Waals surface area contributed by atoms with Crippen LogP contribution in [0.15, 0.2) is 12.1 Å². The maximum absolute atomic E-state index is 12.0. The molecule has 0 spiro atoms. The zero-order chi connectivity index (χ0) is 13.1. The quantitative estimate of drug-likeness (QED) is 0.763. The summed E-state index contributed by atoms with van der Waals surface area (Å²) in [6, 6.07) is 3.33. The van der Waals surface area contributed by atoms with Gasteiger partial charge in [0.1, 0.15) is 5.82 Å². The number of likely N-dealkylation sites (N-methyl/N-ethyl adjacent to an activating group) is 1. The van der Waals surface area contributed by atoms with Gasteiger partial charge in [-0.1, -0.05) is 0 Å². The Morgan fingerprint density at radius 2 is 2.00 bits per heavy atom. The minimum Gasteiger partial charge on any atom is -0.384 e. The summed E-state index contributed by atoms with van der Waals surface area (Å²) in [4.78, 5) is 18.3. The van der Waals surface area contributed by atoms with Gasteiger partial charge in [-0.25, -0.2) is 9.99 Å². The number of amides is 1. The van der Waals surface area contributed by atoms with Crippen LogP contribution in [0.4, 0.5) is 5.82 Å². The van der Waals surface area contributed by atoms with Crippen LogP contribution in [-0.4, -0.2) is 54.0 Å². The van der Waals surface area contributed by atoms with Gasteiger partial charge in [0.05, 0.1) is 0 Å². The van der Waals surface area contributed by atoms with Gasteiger partial charge in [0.2, 0.25) is 0 Å². The summed E-state index contributed by atoms with van der Waals surface area (Å²) >= 11 is 0. The molecular weight excluding hydrogens is 230 g/mol. The van der Waals surface area contributed by atoms with E-state index in [9.17, 15) is 4.79 Å². The van der Waals surface area contributed by atoms with Crippen LogP contribution in [0.25, 0.3) is 0 Å². The third kappa shape index (κ3) is 3.18. The molecule has 0 saturated carbocycles. The molecule has 1 aliphatic rings. The maximum atomic E-state index is 12.0. The van der Waals surface area contributed by atoms with E-state index in [0.717, 1.165) is 31.9 Å². The van der Waals surface area contributed by atoms with E-state index < -0.39 is 0 Å². The zero-order valence-corrected chi connectivity index (χ0v) is 10.8. The van der Waals surface area contributed by atoms with Crippen molar-refractivity contribution in [1.82, 2.24) is 20.3 Å². The number of nitrogens with two attached hydrogens (primary N) is 1. The Bertz CT molecular complexity index is 420. The lowest BCUT2D eigenvalue weighted by atomic mass is 10.2. The van der Waals surface area contributed by atoms with Crippen LogP contribution >= 0.6 is 0 Å². The number of hydrogen-bond acceptors (Lipinski definition) is 5. The van der Waals surface area contributed by atoms with E-state index in [-0.39, 0.29) is 5.91 Å². The van der Waals surface area contributed by atoms with Crippen LogP contribution in [0.3, 0.4) is 0 Å². The number of anilines is 1. The van der Waals surface area contributed by atoms with Gasteiger partial charge in [-0.2, -0.15) is 0 Å². The molecular formula is C12H19N5O. The molecule has 0 atom stereocenters. The molecule has 1 amide bonds. The molecule has 1 aliphatic heterocycles. The van der Waals surface area contributed by atoms with Gasteiger partial charge < -0.3 is 10.6 Å². The molecule has 3 N–H and O–H groups in total. The molecule has 0 radical (unpaired) electrons. The minimum absolute atomic E-state index is 0.128. The number of nitrogens with zero attached hydrogens (tertiary/aromatic N) is 3. The topological polar surface area (TPSA) is 74.5 Å². The Kier molecular flexibility index (Phi) is 3.78. The first-order valence-electron chi connectivity index (χ1n) is 6.03. The van der Waals surface area contributed by atoms with Crippen LogP contribution in [0.2, 0.25) is 0 Å². The molecule has 2 rings (SSSR count). The fraction of sp³-hybridized carbons (Fsp3) is 0.500. The SMILES string of the molecule is Cc1cc(C(=O)NN2CCN(C)CC2)cc(N)n1. The van der Waals surface area contributed by atoms with Crippen LogP contribution < -0.4 is 11.2 Å². The van der Waals surface area contributed by atoms with Crippen molar-refractivity contribution < 1.29 is 4.79 Å². The molecule has 1 aromatic rings. The first kappa shape index (κ1) is 12.8. The summed E-state index contributed by atoms with van der Waals surface area (Å²) in [6.07, 6.45) is 0. The van der Waals surface area contributed by atoms with E-state index in [1.165, 1.54) is 0 Å². The average Bonchev–Trinajstić information content (AvgIpc) is 2.31. The van der Waals surface area contributed by atoms with Gasteiger partial charge >= 0.3 is 0 Å². The Morgan fingerprint density at radius 1 is 1.33 bits per heavy atom. The molecule has 0 bridgehead atoms. The highest BCUT2D eigenvalue weighted by atomic mass is 16.2. The Hall–Kier alpha value is -1.66. The first-order valence-corrected chi connectivity index (χ1v) is 6.03. The molecule has 2 heterocycles. The Morgan fingerprint density at radius 3 is 2.61 bits per heavy atom. The number of aryl methyl sites for hydroxylation is 1. The molecule has 0 aromatic carbocycles.